The molecule has 11 heteroatoms. The van der Waals surface area contributed by atoms with E-state index >= 15 is 0 Å². The summed E-state index contributed by atoms with van der Waals surface area (Å²) in [5, 5.41) is 55.2. The van der Waals surface area contributed by atoms with E-state index < -0.39 is 49.1 Å². The van der Waals surface area contributed by atoms with Gasteiger partial charge in [-0.15, -0.1) is 0 Å². The number of carbonyl (C=O) groups is 2. The number of likely N-dealkylation sites (N-methyl/N-ethyl adjacent to an activating group) is 1. The summed E-state index contributed by atoms with van der Waals surface area (Å²) in [6.07, 6.45) is -5.42. The summed E-state index contributed by atoms with van der Waals surface area (Å²) >= 11 is 0. The molecule has 32 heavy (non-hydrogen) atoms. The molecule has 1 aromatic carbocycles. The molecule has 2 amide bonds. The first kappa shape index (κ1) is 27.8. The molecule has 1 rings (SSSR count). The maximum Gasteiger partial charge on any atom is 0.407 e. The fourth-order valence-electron chi connectivity index (χ4n) is 2.86. The maximum atomic E-state index is 12.2. The summed E-state index contributed by atoms with van der Waals surface area (Å²) in [5.74, 6) is -0.411. The minimum Gasteiger partial charge on any atom is -0.445 e. The van der Waals surface area contributed by atoms with Crippen molar-refractivity contribution < 1.29 is 39.9 Å². The molecule has 0 aromatic heterocycles. The fraction of sp³-hybridized carbons (Fsp3) is 0.619. The molecule has 0 aliphatic carbocycles. The lowest BCUT2D eigenvalue weighted by atomic mass is 10.0. The highest BCUT2D eigenvalue weighted by atomic mass is 16.5. The molecule has 11 nitrogen and oxygen atoms in total. The van der Waals surface area contributed by atoms with Crippen LogP contribution in [0, 0.1) is 0 Å². The van der Waals surface area contributed by atoms with E-state index in [0.29, 0.717) is 25.8 Å². The number of aliphatic hydroxyl groups is 5. The Labute approximate surface area is 187 Å². The third-order valence-electron chi connectivity index (χ3n) is 4.88. The van der Waals surface area contributed by atoms with E-state index in [1.807, 2.05) is 30.3 Å². The number of rotatable bonds is 15. The average Bonchev–Trinajstić information content (AvgIpc) is 2.82. The van der Waals surface area contributed by atoms with Crippen LogP contribution in [0.2, 0.25) is 0 Å². The van der Waals surface area contributed by atoms with Gasteiger partial charge in [-0.1, -0.05) is 30.3 Å². The van der Waals surface area contributed by atoms with Gasteiger partial charge in [0.15, 0.2) is 0 Å². The van der Waals surface area contributed by atoms with Crippen LogP contribution >= 0.6 is 0 Å². The van der Waals surface area contributed by atoms with Crippen LogP contribution in [0.5, 0.6) is 0 Å². The molecule has 0 spiro atoms. The van der Waals surface area contributed by atoms with Crippen LogP contribution in [-0.4, -0.2) is 94.7 Å². The Hall–Kier alpha value is -2.28. The van der Waals surface area contributed by atoms with Crippen LogP contribution in [0.25, 0.3) is 0 Å². The van der Waals surface area contributed by atoms with Crippen LogP contribution in [0.4, 0.5) is 4.79 Å². The van der Waals surface area contributed by atoms with Crippen LogP contribution in [-0.2, 0) is 16.1 Å². The van der Waals surface area contributed by atoms with Crippen molar-refractivity contribution in [2.45, 2.75) is 56.3 Å². The van der Waals surface area contributed by atoms with Crippen LogP contribution in [0.15, 0.2) is 30.3 Å². The number of benzene rings is 1. The van der Waals surface area contributed by atoms with Gasteiger partial charge in [-0.25, -0.2) is 4.79 Å². The maximum absolute atomic E-state index is 12.2. The zero-order valence-corrected chi connectivity index (χ0v) is 18.2. The first-order valence-electron chi connectivity index (χ1n) is 10.5. The van der Waals surface area contributed by atoms with Crippen molar-refractivity contribution in [3.8, 4) is 0 Å². The Morgan fingerprint density at radius 2 is 1.62 bits per heavy atom. The van der Waals surface area contributed by atoms with Crippen LogP contribution in [0.3, 0.4) is 0 Å². The molecule has 0 aliphatic rings. The second-order valence-electron chi connectivity index (χ2n) is 7.37. The van der Waals surface area contributed by atoms with Crippen molar-refractivity contribution in [3.05, 3.63) is 35.9 Å². The number of nitrogens with one attached hydrogen (secondary N) is 3. The summed E-state index contributed by atoms with van der Waals surface area (Å²) in [5.41, 5.74) is 0.891. The van der Waals surface area contributed by atoms with E-state index in [1.54, 1.807) is 7.05 Å². The Balaban J connectivity index is 2.22. The number of amides is 2. The van der Waals surface area contributed by atoms with Crippen molar-refractivity contribution in [2.75, 3.05) is 26.7 Å². The normalized spacial score (nSPS) is 15.8. The highest BCUT2D eigenvalue weighted by Gasteiger charge is 2.30. The first-order chi connectivity index (χ1) is 15.3. The van der Waals surface area contributed by atoms with Gasteiger partial charge in [-0.05, 0) is 31.9 Å². The van der Waals surface area contributed by atoms with Gasteiger partial charge in [0.25, 0.3) is 0 Å². The molecule has 0 heterocycles. The molecule has 1 aromatic rings. The highest BCUT2D eigenvalue weighted by Crippen LogP contribution is 2.06. The summed E-state index contributed by atoms with van der Waals surface area (Å²) in [4.78, 5) is 23.9. The molecule has 0 saturated carbocycles. The molecule has 8 N–H and O–H groups in total. The number of alkyl carbamates (subject to hydrolysis) is 1. The molecule has 0 aliphatic heterocycles. The van der Waals surface area contributed by atoms with Crippen molar-refractivity contribution in [1.82, 2.24) is 16.0 Å². The lowest BCUT2D eigenvalue weighted by Gasteiger charge is -2.26. The number of hydrogen-bond donors (Lipinski definition) is 8. The summed E-state index contributed by atoms with van der Waals surface area (Å²) in [6.45, 7) is -0.548. The largest absolute Gasteiger partial charge is 0.445 e. The number of unbranched alkanes of at least 4 members (excludes halogenated alkanes) is 1. The van der Waals surface area contributed by atoms with Gasteiger partial charge in [-0.3, -0.25) is 4.79 Å². The van der Waals surface area contributed by atoms with Gasteiger partial charge >= 0.3 is 6.09 Å². The highest BCUT2D eigenvalue weighted by molar-refractivity contribution is 5.81. The SMILES string of the molecule is CNC(CCCCNC(=O)OCc1ccccc1)C(=O)NCC(O)C(O)C(O)C(O)CO. The Morgan fingerprint density at radius 1 is 0.969 bits per heavy atom. The van der Waals surface area contributed by atoms with Crippen molar-refractivity contribution in [3.63, 3.8) is 0 Å². The van der Waals surface area contributed by atoms with Gasteiger partial charge < -0.3 is 46.2 Å². The average molecular weight is 458 g/mol. The van der Waals surface area contributed by atoms with E-state index in [2.05, 4.69) is 16.0 Å². The van der Waals surface area contributed by atoms with E-state index in [1.165, 1.54) is 0 Å². The van der Waals surface area contributed by atoms with Crippen LogP contribution < -0.4 is 16.0 Å². The van der Waals surface area contributed by atoms with E-state index in [0.717, 1.165) is 5.56 Å². The Bertz CT molecular complexity index is 664. The minimum atomic E-state index is -1.75. The van der Waals surface area contributed by atoms with Crippen molar-refractivity contribution in [2.24, 2.45) is 0 Å². The molecule has 0 saturated heterocycles. The summed E-state index contributed by atoms with van der Waals surface area (Å²) in [6, 6.07) is 8.75. The lowest BCUT2D eigenvalue weighted by molar-refractivity contribution is -0.127. The predicted octanol–water partition coefficient (Wildman–Crippen LogP) is -1.78. The molecular weight excluding hydrogens is 422 g/mol. The third-order valence-corrected chi connectivity index (χ3v) is 4.88. The zero-order chi connectivity index (χ0) is 23.9. The molecule has 182 valence electrons. The topological polar surface area (TPSA) is 181 Å². The van der Waals surface area contributed by atoms with Crippen molar-refractivity contribution >= 4 is 12.0 Å². The molecule has 5 unspecified atom stereocenters. The fourth-order valence-corrected chi connectivity index (χ4v) is 2.86. The van der Waals surface area contributed by atoms with Gasteiger partial charge in [0.05, 0.1) is 18.8 Å². The predicted molar refractivity (Wildman–Crippen MR) is 115 cm³/mol. The van der Waals surface area contributed by atoms with E-state index in [4.69, 9.17) is 9.84 Å². The van der Waals surface area contributed by atoms with Crippen molar-refractivity contribution in [1.29, 1.82) is 0 Å². The molecule has 5 atom stereocenters. The number of carbonyl (C=O) groups excluding carboxylic acids is 2. The zero-order valence-electron chi connectivity index (χ0n) is 18.2. The van der Waals surface area contributed by atoms with Gasteiger partial charge in [0.2, 0.25) is 5.91 Å². The van der Waals surface area contributed by atoms with Gasteiger partial charge in [-0.2, -0.15) is 0 Å². The van der Waals surface area contributed by atoms with Gasteiger partial charge in [0, 0.05) is 13.1 Å². The minimum absolute atomic E-state index is 0.186. The van der Waals surface area contributed by atoms with E-state index in [9.17, 15) is 30.0 Å². The number of hydrogen-bond acceptors (Lipinski definition) is 9. The lowest BCUT2D eigenvalue weighted by Crippen LogP contribution is -2.51. The standard InChI is InChI=1S/C21H35N3O8/c1-22-15(20(30)24-11-16(26)18(28)19(29)17(27)12-25)9-5-6-10-23-21(31)32-13-14-7-3-2-4-8-14/h2-4,7-8,15-19,22,25-29H,5-6,9-13H2,1H3,(H,23,31)(H,24,30). The molecular formula is C21H35N3O8. The second-order valence-corrected chi connectivity index (χ2v) is 7.37. The summed E-state index contributed by atoms with van der Waals surface area (Å²) in [7, 11) is 1.61. The Morgan fingerprint density at radius 3 is 2.25 bits per heavy atom. The monoisotopic (exact) mass is 457 g/mol. The van der Waals surface area contributed by atoms with Crippen LogP contribution in [0.1, 0.15) is 24.8 Å². The number of aliphatic hydroxyl groups excluding tert-OH is 5. The third kappa shape index (κ3) is 10.4. The first-order valence-corrected chi connectivity index (χ1v) is 10.5. The Kier molecular flexibility index (Phi) is 13.5. The smallest absolute Gasteiger partial charge is 0.407 e. The quantitative estimate of drug-likeness (QED) is 0.141. The molecule has 0 radical (unpaired) electrons. The summed E-state index contributed by atoms with van der Waals surface area (Å²) < 4.78 is 5.11. The van der Waals surface area contributed by atoms with Gasteiger partial charge in [0.1, 0.15) is 24.9 Å². The van der Waals surface area contributed by atoms with E-state index in [-0.39, 0.29) is 13.2 Å². The number of ether oxygens (including phenoxy) is 1. The molecule has 0 fully saturated rings. The second kappa shape index (κ2) is 15.5. The molecule has 0 bridgehead atoms.